The smallest absolute Gasteiger partial charge is 0.386 e. The maximum Gasteiger partial charge on any atom is 0.386 e. The molecule has 13 heteroatoms. The molecule has 2 amide bonds. The highest BCUT2D eigenvalue weighted by Crippen LogP contribution is 2.43. The fourth-order valence-corrected chi connectivity index (χ4v) is 8.34. The third-order valence-corrected chi connectivity index (χ3v) is 12.6. The van der Waals surface area contributed by atoms with E-state index in [1.54, 1.807) is 0 Å². The normalized spacial score (nSPS) is 12.5. The molecule has 0 bridgehead atoms. The number of phenols is 3. The van der Waals surface area contributed by atoms with Crippen LogP contribution < -0.4 is 0 Å². The van der Waals surface area contributed by atoms with Gasteiger partial charge in [0.1, 0.15) is 43.6 Å². The third-order valence-electron chi connectivity index (χ3n) is 12.6. The zero-order valence-corrected chi connectivity index (χ0v) is 47.0. The van der Waals surface area contributed by atoms with Crippen LogP contribution in [-0.2, 0) is 80.3 Å². The van der Waals surface area contributed by atoms with Gasteiger partial charge in [-0.05, 0) is 107 Å². The molecule has 3 rings (SSSR count). The number of carbonyl (C=O) groups excluding carboxylic acids is 4. The van der Waals surface area contributed by atoms with Crippen molar-refractivity contribution in [3.05, 3.63) is 98.0 Å². The quantitative estimate of drug-likeness (QED) is 0.0483. The number of hydrogen-bond donors (Lipinski definition) is 3. The van der Waals surface area contributed by atoms with E-state index in [4.69, 9.17) is 20.8 Å². The first-order chi connectivity index (χ1) is 32.9. The summed E-state index contributed by atoms with van der Waals surface area (Å²) in [5.41, 5.74) is 5.33. The summed E-state index contributed by atoms with van der Waals surface area (Å²) in [4.78, 5) is 58.0. The minimum absolute atomic E-state index is 0.0390. The van der Waals surface area contributed by atoms with Gasteiger partial charge < -0.3 is 34.4 Å². The maximum absolute atomic E-state index is 13.9. The van der Waals surface area contributed by atoms with E-state index in [-0.39, 0.29) is 108 Å². The van der Waals surface area contributed by atoms with Gasteiger partial charge in [0, 0.05) is 19.3 Å². The van der Waals surface area contributed by atoms with Crippen molar-refractivity contribution in [2.75, 3.05) is 39.5 Å². The van der Waals surface area contributed by atoms with E-state index in [1.165, 1.54) is 4.90 Å². The lowest BCUT2D eigenvalue weighted by Gasteiger charge is -2.28. The number of nitrogens with zero attached hydrogens (tertiary/aromatic N) is 3. The van der Waals surface area contributed by atoms with Gasteiger partial charge in [-0.15, -0.1) is 0 Å². The Morgan fingerprint density at radius 2 is 0.653 bits per heavy atom. The van der Waals surface area contributed by atoms with Gasteiger partial charge in [0.2, 0.25) is 0 Å². The van der Waals surface area contributed by atoms with E-state index in [9.17, 15) is 34.5 Å². The van der Waals surface area contributed by atoms with E-state index < -0.39 is 23.9 Å². The largest absolute Gasteiger partial charge is 0.507 e. The Kier molecular flexibility index (Phi) is 20.0. The predicted octanol–water partition coefficient (Wildman–Crippen LogP) is 12.0. The molecule has 0 atom stereocenters. The molecule has 3 aromatic carbocycles. The molecule has 0 unspecified atom stereocenters. The molecule has 72 heavy (non-hydrogen) atoms. The molecule has 0 saturated heterocycles. The number of urea groups is 1. The van der Waals surface area contributed by atoms with E-state index >= 15 is 0 Å². The molecule has 0 saturated carbocycles. The second-order valence-corrected chi connectivity index (χ2v) is 25.3. The van der Waals surface area contributed by atoms with Crippen molar-refractivity contribution < 1.29 is 48.7 Å². The first kappa shape index (κ1) is 60.5. The lowest BCUT2D eigenvalue weighted by atomic mass is 9.78. The van der Waals surface area contributed by atoms with Crippen LogP contribution in [0.1, 0.15) is 194 Å². The van der Waals surface area contributed by atoms with Crippen LogP contribution in [0.2, 0.25) is 0 Å². The lowest BCUT2D eigenvalue weighted by Crippen LogP contribution is -2.44. The van der Waals surface area contributed by atoms with Gasteiger partial charge in [-0.25, -0.2) is 4.79 Å². The highest BCUT2D eigenvalue weighted by molar-refractivity contribution is 5.76. The van der Waals surface area contributed by atoms with E-state index in [0.29, 0.717) is 19.3 Å². The molecule has 0 aromatic heterocycles. The highest BCUT2D eigenvalue weighted by atomic mass is 16.5. The Balaban J connectivity index is 1.73. The predicted molar refractivity (Wildman–Crippen MR) is 285 cm³/mol. The van der Waals surface area contributed by atoms with Gasteiger partial charge in [0.25, 0.3) is 0 Å². The van der Waals surface area contributed by atoms with Crippen LogP contribution in [0.3, 0.4) is 0 Å². The Labute approximate surface area is 431 Å². The summed E-state index contributed by atoms with van der Waals surface area (Å²) in [6.07, 6.45) is 1.20. The third kappa shape index (κ3) is 17.5. The van der Waals surface area contributed by atoms with Crippen molar-refractivity contribution in [3.8, 4) is 17.2 Å². The summed E-state index contributed by atoms with van der Waals surface area (Å²) < 4.78 is 16.7. The molecule has 3 N–H and O–H groups in total. The molecule has 0 aliphatic heterocycles. The number of phenolic OH excluding ortho intramolecular Hbond substituents is 3. The van der Waals surface area contributed by atoms with Crippen molar-refractivity contribution in [1.29, 1.82) is 0 Å². The van der Waals surface area contributed by atoms with Crippen molar-refractivity contribution in [2.24, 2.45) is 0 Å². The summed E-state index contributed by atoms with van der Waals surface area (Å²) in [6, 6.07) is 10.8. The fourth-order valence-electron chi connectivity index (χ4n) is 8.34. The van der Waals surface area contributed by atoms with Crippen LogP contribution in [0, 0.1) is 6.57 Å². The monoisotopic (exact) mass is 998 g/mol. The van der Waals surface area contributed by atoms with Crippen LogP contribution in [0.5, 0.6) is 17.2 Å². The Morgan fingerprint density at radius 1 is 0.431 bits per heavy atom. The molecule has 0 heterocycles. The summed E-state index contributed by atoms with van der Waals surface area (Å²) in [5.74, 6) is -0.763. The van der Waals surface area contributed by atoms with Gasteiger partial charge >= 0.3 is 23.9 Å². The average Bonchev–Trinajstić information content (AvgIpc) is 3.23. The van der Waals surface area contributed by atoms with Crippen LogP contribution in [0.4, 0.5) is 4.79 Å². The number of esters is 3. The number of hydrogen-bond acceptors (Lipinski definition) is 10. The Hall–Kier alpha value is -5.77. The molecule has 0 aliphatic carbocycles. The number of ether oxygens (including phenoxy) is 3. The number of aryl methyl sites for hydroxylation is 3. The molecule has 398 valence electrons. The minimum Gasteiger partial charge on any atom is -0.507 e. The maximum atomic E-state index is 13.9. The molecular weight excluding hydrogens is 911 g/mol. The lowest BCUT2D eigenvalue weighted by molar-refractivity contribution is -0.144. The van der Waals surface area contributed by atoms with E-state index in [2.05, 4.69) is 4.95 Å². The topological polar surface area (TPSA) is 168 Å². The summed E-state index contributed by atoms with van der Waals surface area (Å²) in [6.45, 7) is 43.1. The molecule has 0 spiro atoms. The molecule has 0 fully saturated rings. The molecule has 0 radical (unpaired) electrons. The Bertz CT molecular complexity index is 2230. The number of rotatable bonds is 18. The van der Waals surface area contributed by atoms with Gasteiger partial charge in [-0.3, -0.25) is 14.4 Å². The van der Waals surface area contributed by atoms with Crippen molar-refractivity contribution in [2.45, 2.75) is 196 Å². The first-order valence-electron chi connectivity index (χ1n) is 25.4. The van der Waals surface area contributed by atoms with Crippen molar-refractivity contribution in [1.82, 2.24) is 9.91 Å². The summed E-state index contributed by atoms with van der Waals surface area (Å²) in [5, 5.41) is 34.3. The van der Waals surface area contributed by atoms with Gasteiger partial charge in [0.05, 0.1) is 13.1 Å². The van der Waals surface area contributed by atoms with Crippen molar-refractivity contribution in [3.63, 3.8) is 0 Å². The van der Waals surface area contributed by atoms with Crippen LogP contribution in [-0.4, -0.2) is 88.6 Å². The number of benzene rings is 3. The summed E-state index contributed by atoms with van der Waals surface area (Å²) >= 11 is 0. The first-order valence-corrected chi connectivity index (χ1v) is 25.4. The zero-order valence-electron chi connectivity index (χ0n) is 47.0. The second-order valence-electron chi connectivity index (χ2n) is 25.3. The second kappa shape index (κ2) is 23.8. The van der Waals surface area contributed by atoms with Crippen LogP contribution in [0.15, 0.2) is 36.4 Å². The zero-order chi connectivity index (χ0) is 54.9. The van der Waals surface area contributed by atoms with E-state index in [0.717, 1.165) is 55.1 Å². The summed E-state index contributed by atoms with van der Waals surface area (Å²) in [7, 11) is 0. The SMILES string of the molecule is [C-]#[N+]N(CCOC(=O)CCc1cc(C(C)(C)C)c(O)c(C(C)(C)C)c1)C(=O)N(CCOC(=O)CCc1cc(C(C)(C)C)c(O)c(C(C)(C)C)c1)CCOC(=O)CCc1cc(C(C)(C)C)c(O)c(C(C)(C)C)c1. The average molecular weight is 998 g/mol. The number of amides is 2. The van der Waals surface area contributed by atoms with Crippen molar-refractivity contribution >= 4 is 23.9 Å². The minimum atomic E-state index is -0.747. The van der Waals surface area contributed by atoms with Crippen LogP contribution >= 0.6 is 0 Å². The van der Waals surface area contributed by atoms with Gasteiger partial charge in [0.15, 0.2) is 0 Å². The molecule has 3 aromatic rings. The molecular formula is C59H87N3O10. The Morgan fingerprint density at radius 3 is 0.861 bits per heavy atom. The van der Waals surface area contributed by atoms with E-state index in [1.807, 2.05) is 161 Å². The van der Waals surface area contributed by atoms with Gasteiger partial charge in [-0.2, -0.15) is 11.5 Å². The molecule has 13 nitrogen and oxygen atoms in total. The highest BCUT2D eigenvalue weighted by Gasteiger charge is 2.31. The van der Waals surface area contributed by atoms with Crippen LogP contribution in [0.25, 0.3) is 4.95 Å². The number of carbonyl (C=O) groups is 4. The number of aromatic hydroxyl groups is 3. The fraction of sp³-hybridized carbons (Fsp3) is 0.610. The molecule has 0 aliphatic rings. The standard InChI is InChI=1S/C59H87N3O10/c1-54(2,3)41-32-38(33-42(50(41)66)55(4,5)6)20-23-47(63)70-29-26-61(27-30-71-48(64)24-21-39-34-43(56(7,8)9)51(67)44(35-39)57(10,11)12)53(69)62(60-19)28-31-72-49(65)25-22-40-36-45(58(13,14)15)52(68)46(37-40)59(16,17)18/h32-37,66-68H,20-31H2,1-18H3. The van der Waals surface area contributed by atoms with Gasteiger partial charge in [-0.1, -0.05) is 161 Å².